The first-order chi connectivity index (χ1) is 12.5. The SMILES string of the molecule is CC(C)N(Cc1ccccc1)c1ncc(C(=O)NCCCN(C)C)cn1. The minimum atomic E-state index is -0.130. The summed E-state index contributed by atoms with van der Waals surface area (Å²) in [6, 6.07) is 10.5. The van der Waals surface area contributed by atoms with E-state index in [0.717, 1.165) is 19.5 Å². The van der Waals surface area contributed by atoms with Crippen molar-refractivity contribution in [1.29, 1.82) is 0 Å². The van der Waals surface area contributed by atoms with Gasteiger partial charge in [0, 0.05) is 31.5 Å². The van der Waals surface area contributed by atoms with Gasteiger partial charge in [0.1, 0.15) is 0 Å². The second-order valence-corrected chi connectivity index (χ2v) is 6.89. The minimum Gasteiger partial charge on any atom is -0.352 e. The van der Waals surface area contributed by atoms with Gasteiger partial charge in [-0.05, 0) is 46.5 Å². The highest BCUT2D eigenvalue weighted by Crippen LogP contribution is 2.15. The second-order valence-electron chi connectivity index (χ2n) is 6.89. The van der Waals surface area contributed by atoms with E-state index in [-0.39, 0.29) is 11.9 Å². The van der Waals surface area contributed by atoms with E-state index in [1.54, 1.807) is 12.4 Å². The van der Waals surface area contributed by atoms with Crippen molar-refractivity contribution in [2.24, 2.45) is 0 Å². The Bertz CT molecular complexity index is 670. The van der Waals surface area contributed by atoms with Crippen LogP contribution in [0.5, 0.6) is 0 Å². The van der Waals surface area contributed by atoms with Gasteiger partial charge in [-0.15, -0.1) is 0 Å². The zero-order valence-corrected chi connectivity index (χ0v) is 16.1. The summed E-state index contributed by atoms with van der Waals surface area (Å²) in [5, 5.41) is 2.91. The molecule has 0 aliphatic carbocycles. The van der Waals surface area contributed by atoms with Crippen LogP contribution >= 0.6 is 0 Å². The van der Waals surface area contributed by atoms with Crippen LogP contribution in [-0.2, 0) is 6.54 Å². The molecule has 0 aliphatic heterocycles. The van der Waals surface area contributed by atoms with Crippen LogP contribution in [0.15, 0.2) is 42.7 Å². The third kappa shape index (κ3) is 6.11. The maximum absolute atomic E-state index is 12.2. The summed E-state index contributed by atoms with van der Waals surface area (Å²) in [6.07, 6.45) is 4.11. The molecule has 1 aromatic carbocycles. The van der Waals surface area contributed by atoms with Crippen molar-refractivity contribution in [3.8, 4) is 0 Å². The van der Waals surface area contributed by atoms with Crippen LogP contribution in [0.4, 0.5) is 5.95 Å². The average molecular weight is 355 g/mol. The van der Waals surface area contributed by atoms with Crippen LogP contribution in [-0.4, -0.2) is 54.0 Å². The maximum atomic E-state index is 12.2. The van der Waals surface area contributed by atoms with E-state index < -0.39 is 0 Å². The minimum absolute atomic E-state index is 0.130. The highest BCUT2D eigenvalue weighted by Gasteiger charge is 2.15. The topological polar surface area (TPSA) is 61.4 Å². The smallest absolute Gasteiger partial charge is 0.254 e. The fraction of sp³-hybridized carbons (Fsp3) is 0.450. The second kappa shape index (κ2) is 9.87. The number of nitrogens with one attached hydrogen (secondary N) is 1. The Balaban J connectivity index is 1.98. The van der Waals surface area contributed by atoms with E-state index >= 15 is 0 Å². The van der Waals surface area contributed by atoms with Crippen LogP contribution in [0.25, 0.3) is 0 Å². The molecule has 6 heteroatoms. The molecule has 0 spiro atoms. The Morgan fingerprint density at radius 2 is 1.77 bits per heavy atom. The van der Waals surface area contributed by atoms with Gasteiger partial charge in [-0.25, -0.2) is 9.97 Å². The Morgan fingerprint density at radius 1 is 1.12 bits per heavy atom. The van der Waals surface area contributed by atoms with Gasteiger partial charge in [0.05, 0.1) is 5.56 Å². The Morgan fingerprint density at radius 3 is 2.35 bits per heavy atom. The first-order valence-corrected chi connectivity index (χ1v) is 9.03. The first kappa shape index (κ1) is 19.8. The number of hydrogen-bond donors (Lipinski definition) is 1. The number of anilines is 1. The average Bonchev–Trinajstić information content (AvgIpc) is 2.64. The summed E-state index contributed by atoms with van der Waals surface area (Å²) in [7, 11) is 4.04. The molecule has 2 aromatic rings. The molecule has 0 unspecified atom stereocenters. The number of nitrogens with zero attached hydrogens (tertiary/aromatic N) is 4. The van der Waals surface area contributed by atoms with Gasteiger partial charge in [0.25, 0.3) is 5.91 Å². The van der Waals surface area contributed by atoms with E-state index in [1.807, 2.05) is 32.3 Å². The molecule has 0 saturated heterocycles. The lowest BCUT2D eigenvalue weighted by atomic mass is 10.2. The lowest BCUT2D eigenvalue weighted by molar-refractivity contribution is 0.0951. The van der Waals surface area contributed by atoms with E-state index in [1.165, 1.54) is 5.56 Å². The Labute approximate surface area is 156 Å². The van der Waals surface area contributed by atoms with Crippen LogP contribution in [0, 0.1) is 0 Å². The summed E-state index contributed by atoms with van der Waals surface area (Å²) >= 11 is 0. The van der Waals surface area contributed by atoms with E-state index in [4.69, 9.17) is 0 Å². The Hall–Kier alpha value is -2.47. The largest absolute Gasteiger partial charge is 0.352 e. The summed E-state index contributed by atoms with van der Waals surface area (Å²) in [4.78, 5) is 25.2. The number of carbonyl (C=O) groups is 1. The highest BCUT2D eigenvalue weighted by atomic mass is 16.1. The maximum Gasteiger partial charge on any atom is 0.254 e. The first-order valence-electron chi connectivity index (χ1n) is 9.03. The van der Waals surface area contributed by atoms with Gasteiger partial charge >= 0.3 is 0 Å². The van der Waals surface area contributed by atoms with Crippen molar-refractivity contribution in [3.63, 3.8) is 0 Å². The summed E-state index contributed by atoms with van der Waals surface area (Å²) in [5.41, 5.74) is 1.69. The van der Waals surface area contributed by atoms with Gasteiger partial charge in [0.15, 0.2) is 0 Å². The number of rotatable bonds is 9. The zero-order valence-electron chi connectivity index (χ0n) is 16.1. The van der Waals surface area contributed by atoms with Gasteiger partial charge in [-0.1, -0.05) is 30.3 Å². The quantitative estimate of drug-likeness (QED) is 0.701. The number of carbonyl (C=O) groups excluding carboxylic acids is 1. The van der Waals surface area contributed by atoms with Crippen molar-refractivity contribution >= 4 is 11.9 Å². The third-order valence-electron chi connectivity index (χ3n) is 4.04. The van der Waals surface area contributed by atoms with Gasteiger partial charge in [-0.3, -0.25) is 4.79 Å². The predicted molar refractivity (Wildman–Crippen MR) is 105 cm³/mol. The molecule has 1 heterocycles. The predicted octanol–water partition coefficient (Wildman–Crippen LogP) is 2.57. The Kier molecular flexibility index (Phi) is 7.53. The normalized spacial score (nSPS) is 11.0. The molecular weight excluding hydrogens is 326 g/mol. The van der Waals surface area contributed by atoms with Crippen molar-refractivity contribution < 1.29 is 4.79 Å². The number of amides is 1. The molecule has 0 saturated carbocycles. The molecular formula is C20H29N5O. The number of hydrogen-bond acceptors (Lipinski definition) is 5. The standard InChI is InChI=1S/C20H29N5O/c1-16(2)25(15-17-9-6-5-7-10-17)20-22-13-18(14-23-20)19(26)21-11-8-12-24(3)4/h5-7,9-10,13-14,16H,8,11-12,15H2,1-4H3,(H,21,26). The monoisotopic (exact) mass is 355 g/mol. The summed E-state index contributed by atoms with van der Waals surface area (Å²) in [5.74, 6) is 0.502. The van der Waals surface area contributed by atoms with E-state index in [2.05, 4.69) is 51.1 Å². The van der Waals surface area contributed by atoms with E-state index in [9.17, 15) is 4.79 Å². The molecule has 1 aromatic heterocycles. The number of aromatic nitrogens is 2. The van der Waals surface area contributed by atoms with Crippen LogP contribution < -0.4 is 10.2 Å². The third-order valence-corrected chi connectivity index (χ3v) is 4.04. The molecule has 1 amide bonds. The molecule has 2 rings (SSSR count). The van der Waals surface area contributed by atoms with Gasteiger partial charge < -0.3 is 15.1 Å². The van der Waals surface area contributed by atoms with Crippen molar-refractivity contribution in [2.75, 3.05) is 32.1 Å². The van der Waals surface area contributed by atoms with Crippen LogP contribution in [0.2, 0.25) is 0 Å². The van der Waals surface area contributed by atoms with E-state index in [0.29, 0.717) is 18.1 Å². The molecule has 26 heavy (non-hydrogen) atoms. The molecule has 1 N–H and O–H groups in total. The molecule has 0 fully saturated rings. The molecule has 0 atom stereocenters. The van der Waals surface area contributed by atoms with Crippen molar-refractivity contribution in [2.45, 2.75) is 32.9 Å². The lowest BCUT2D eigenvalue weighted by Crippen LogP contribution is -2.32. The number of benzene rings is 1. The molecule has 140 valence electrons. The zero-order chi connectivity index (χ0) is 18.9. The van der Waals surface area contributed by atoms with Gasteiger partial charge in [-0.2, -0.15) is 0 Å². The fourth-order valence-electron chi connectivity index (χ4n) is 2.55. The van der Waals surface area contributed by atoms with Gasteiger partial charge in [0.2, 0.25) is 5.95 Å². The summed E-state index contributed by atoms with van der Waals surface area (Å²) in [6.45, 7) is 6.54. The fourth-order valence-corrected chi connectivity index (χ4v) is 2.55. The van der Waals surface area contributed by atoms with Crippen LogP contribution in [0.3, 0.4) is 0 Å². The highest BCUT2D eigenvalue weighted by molar-refractivity contribution is 5.93. The molecule has 0 aliphatic rings. The molecule has 6 nitrogen and oxygen atoms in total. The molecule has 0 bridgehead atoms. The van der Waals surface area contributed by atoms with Crippen molar-refractivity contribution in [1.82, 2.24) is 20.2 Å². The summed E-state index contributed by atoms with van der Waals surface area (Å²) < 4.78 is 0. The van der Waals surface area contributed by atoms with Crippen molar-refractivity contribution in [3.05, 3.63) is 53.9 Å². The van der Waals surface area contributed by atoms with Crippen LogP contribution in [0.1, 0.15) is 36.2 Å². The lowest BCUT2D eigenvalue weighted by Gasteiger charge is -2.26. The molecule has 0 radical (unpaired) electrons.